The third-order valence-corrected chi connectivity index (χ3v) is 5.85. The molecule has 2 amide bonds. The van der Waals surface area contributed by atoms with E-state index in [1.807, 2.05) is 17.0 Å². The number of amides is 2. The van der Waals surface area contributed by atoms with Crippen LogP contribution in [0.5, 0.6) is 0 Å². The summed E-state index contributed by atoms with van der Waals surface area (Å²) in [7, 11) is 1.76. The number of nitrogens with zero attached hydrogens (tertiary/aromatic N) is 4. The molecule has 2 aliphatic heterocycles. The first-order chi connectivity index (χ1) is 15.2. The number of furan rings is 1. The molecule has 172 valence electrons. The van der Waals surface area contributed by atoms with Crippen LogP contribution in [0.2, 0.25) is 0 Å². The zero-order valence-electron chi connectivity index (χ0n) is 18.3. The molecule has 0 spiro atoms. The molecular weight excluding hydrogens is 521 g/mol. The predicted octanol–water partition coefficient (Wildman–Crippen LogP) is 2.55. The zero-order chi connectivity index (χ0) is 21.6. The van der Waals surface area contributed by atoms with Crippen molar-refractivity contribution in [2.45, 2.75) is 25.9 Å². The van der Waals surface area contributed by atoms with Gasteiger partial charge in [0.2, 0.25) is 5.91 Å². The lowest BCUT2D eigenvalue weighted by molar-refractivity contribution is -0.131. The highest BCUT2D eigenvalue weighted by Gasteiger charge is 2.25. The minimum atomic E-state index is -0.0739. The molecule has 1 fully saturated rings. The van der Waals surface area contributed by atoms with Crippen molar-refractivity contribution < 1.29 is 14.0 Å². The summed E-state index contributed by atoms with van der Waals surface area (Å²) in [4.78, 5) is 35.2. The van der Waals surface area contributed by atoms with Crippen molar-refractivity contribution in [3.05, 3.63) is 59.5 Å². The fourth-order valence-electron chi connectivity index (χ4n) is 4.12. The van der Waals surface area contributed by atoms with Crippen molar-refractivity contribution in [1.82, 2.24) is 20.0 Å². The van der Waals surface area contributed by atoms with Crippen LogP contribution in [0, 0.1) is 0 Å². The van der Waals surface area contributed by atoms with Crippen LogP contribution in [0.3, 0.4) is 0 Å². The van der Waals surface area contributed by atoms with Gasteiger partial charge in [0.15, 0.2) is 11.7 Å². The van der Waals surface area contributed by atoms with Gasteiger partial charge in [-0.25, -0.2) is 0 Å². The normalized spacial score (nSPS) is 15.9. The molecule has 1 aromatic carbocycles. The molecule has 0 aliphatic carbocycles. The van der Waals surface area contributed by atoms with Gasteiger partial charge in [0.25, 0.3) is 5.91 Å². The minimum Gasteiger partial charge on any atom is -0.459 e. The Morgan fingerprint density at radius 1 is 0.969 bits per heavy atom. The number of fused-ring (bicyclic) bond motifs is 1. The van der Waals surface area contributed by atoms with Crippen LogP contribution in [0.1, 0.15) is 34.5 Å². The maximum atomic E-state index is 12.5. The van der Waals surface area contributed by atoms with Crippen LogP contribution in [-0.4, -0.2) is 72.2 Å². The molecule has 2 aliphatic rings. The van der Waals surface area contributed by atoms with Crippen molar-refractivity contribution in [3.8, 4) is 0 Å². The van der Waals surface area contributed by atoms with Crippen LogP contribution in [-0.2, 0) is 17.9 Å². The van der Waals surface area contributed by atoms with E-state index in [4.69, 9.17) is 4.42 Å². The average Bonchev–Trinajstić information content (AvgIpc) is 3.49. The van der Waals surface area contributed by atoms with Gasteiger partial charge in [-0.2, -0.15) is 0 Å². The Morgan fingerprint density at radius 2 is 1.62 bits per heavy atom. The van der Waals surface area contributed by atoms with Crippen molar-refractivity contribution >= 4 is 41.8 Å². The zero-order valence-corrected chi connectivity index (χ0v) is 20.7. The molecule has 3 heterocycles. The summed E-state index contributed by atoms with van der Waals surface area (Å²) >= 11 is 0. The molecule has 0 saturated carbocycles. The Morgan fingerprint density at radius 3 is 2.22 bits per heavy atom. The summed E-state index contributed by atoms with van der Waals surface area (Å²) in [5.74, 6) is 1.31. The van der Waals surface area contributed by atoms with Gasteiger partial charge in [0, 0.05) is 59.3 Å². The smallest absolute Gasteiger partial charge is 0.289 e. The highest BCUT2D eigenvalue weighted by atomic mass is 127. The molecule has 1 aromatic heterocycles. The highest BCUT2D eigenvalue weighted by Crippen LogP contribution is 2.22. The molecule has 9 heteroatoms. The summed E-state index contributed by atoms with van der Waals surface area (Å²) in [5.41, 5.74) is 2.50. The number of hydrogen-bond acceptors (Lipinski definition) is 4. The SMILES string of the molecule is CN=C(NCCCC(=O)N1Cc2ccccc2C1)N1CCN(C(=O)c2ccco2)CC1.I. The van der Waals surface area contributed by atoms with Gasteiger partial charge in [-0.15, -0.1) is 24.0 Å². The maximum Gasteiger partial charge on any atom is 0.289 e. The number of piperazine rings is 1. The molecule has 0 atom stereocenters. The average molecular weight is 551 g/mol. The van der Waals surface area contributed by atoms with Crippen molar-refractivity contribution in [3.63, 3.8) is 0 Å². The van der Waals surface area contributed by atoms with Crippen molar-refractivity contribution in [2.75, 3.05) is 39.8 Å². The number of hydrogen-bond donors (Lipinski definition) is 1. The number of carbonyl (C=O) groups is 2. The van der Waals surface area contributed by atoms with Crippen molar-refractivity contribution in [1.29, 1.82) is 0 Å². The summed E-state index contributed by atoms with van der Waals surface area (Å²) in [6, 6.07) is 11.6. The Balaban J connectivity index is 0.00000289. The van der Waals surface area contributed by atoms with Crippen LogP contribution >= 0.6 is 24.0 Å². The topological polar surface area (TPSA) is 81.4 Å². The number of nitrogens with one attached hydrogen (secondary N) is 1. The van der Waals surface area contributed by atoms with E-state index in [9.17, 15) is 9.59 Å². The van der Waals surface area contributed by atoms with E-state index >= 15 is 0 Å². The van der Waals surface area contributed by atoms with Crippen molar-refractivity contribution in [2.24, 2.45) is 4.99 Å². The lowest BCUT2D eigenvalue weighted by atomic mass is 10.1. The van der Waals surface area contributed by atoms with Gasteiger partial charge in [-0.3, -0.25) is 14.6 Å². The first kappa shape index (κ1) is 24.1. The first-order valence-corrected chi connectivity index (χ1v) is 10.8. The van der Waals surface area contributed by atoms with Gasteiger partial charge in [0.05, 0.1) is 6.26 Å². The number of aliphatic imine (C=N–C) groups is 1. The van der Waals surface area contributed by atoms with Crippen LogP contribution in [0.25, 0.3) is 0 Å². The van der Waals surface area contributed by atoms with E-state index in [1.54, 1.807) is 24.1 Å². The van der Waals surface area contributed by atoms with Crippen LogP contribution in [0.4, 0.5) is 0 Å². The second-order valence-corrected chi connectivity index (χ2v) is 7.85. The monoisotopic (exact) mass is 551 g/mol. The number of rotatable bonds is 5. The fraction of sp³-hybridized carbons (Fsp3) is 0.435. The Kier molecular flexibility index (Phi) is 8.54. The van der Waals surface area contributed by atoms with Gasteiger partial charge in [-0.1, -0.05) is 24.3 Å². The Bertz CT molecular complexity index is 914. The van der Waals surface area contributed by atoms with E-state index in [0.29, 0.717) is 58.0 Å². The standard InChI is InChI=1S/C23H29N5O3.HI/c1-24-23(27-13-11-26(12-14-27)22(30)20-8-5-15-31-20)25-10-4-9-21(29)28-16-18-6-2-3-7-19(18)17-28;/h2-3,5-8,15H,4,9-14,16-17H2,1H3,(H,24,25);1H. The number of halogens is 1. The molecule has 8 nitrogen and oxygen atoms in total. The number of carbonyl (C=O) groups excluding carboxylic acids is 2. The fourth-order valence-corrected chi connectivity index (χ4v) is 4.12. The lowest BCUT2D eigenvalue weighted by Crippen LogP contribution is -2.53. The largest absolute Gasteiger partial charge is 0.459 e. The quantitative estimate of drug-likeness (QED) is 0.268. The van der Waals surface area contributed by atoms with E-state index < -0.39 is 0 Å². The highest BCUT2D eigenvalue weighted by molar-refractivity contribution is 14.0. The van der Waals surface area contributed by atoms with E-state index in [0.717, 1.165) is 12.4 Å². The van der Waals surface area contributed by atoms with Gasteiger partial charge >= 0.3 is 0 Å². The summed E-state index contributed by atoms with van der Waals surface area (Å²) in [5, 5.41) is 3.36. The lowest BCUT2D eigenvalue weighted by Gasteiger charge is -2.36. The molecule has 1 saturated heterocycles. The van der Waals surface area contributed by atoms with E-state index in [-0.39, 0.29) is 35.8 Å². The summed E-state index contributed by atoms with van der Waals surface area (Å²) < 4.78 is 5.21. The van der Waals surface area contributed by atoms with Crippen LogP contribution in [0.15, 0.2) is 52.1 Å². The van der Waals surface area contributed by atoms with E-state index in [1.165, 1.54) is 17.4 Å². The van der Waals surface area contributed by atoms with Crippen LogP contribution < -0.4 is 5.32 Å². The Labute approximate surface area is 205 Å². The van der Waals surface area contributed by atoms with Gasteiger partial charge < -0.3 is 24.4 Å². The maximum absolute atomic E-state index is 12.5. The molecular formula is C23H30IN5O3. The predicted molar refractivity (Wildman–Crippen MR) is 133 cm³/mol. The molecule has 0 bridgehead atoms. The van der Waals surface area contributed by atoms with Gasteiger partial charge in [0.1, 0.15) is 0 Å². The summed E-state index contributed by atoms with van der Waals surface area (Å²) in [6.45, 7) is 4.76. The molecule has 32 heavy (non-hydrogen) atoms. The second kappa shape index (κ2) is 11.3. The number of benzene rings is 1. The molecule has 0 unspecified atom stereocenters. The van der Waals surface area contributed by atoms with Gasteiger partial charge in [-0.05, 0) is 29.7 Å². The third kappa shape index (κ3) is 5.62. The Hall–Kier alpha value is -2.56. The molecule has 0 radical (unpaired) electrons. The second-order valence-electron chi connectivity index (χ2n) is 7.85. The molecule has 2 aromatic rings. The molecule has 4 rings (SSSR count). The number of guanidine groups is 1. The minimum absolute atomic E-state index is 0. The third-order valence-electron chi connectivity index (χ3n) is 5.85. The molecule has 1 N–H and O–H groups in total. The first-order valence-electron chi connectivity index (χ1n) is 10.8. The van der Waals surface area contributed by atoms with E-state index in [2.05, 4.69) is 27.3 Å². The summed E-state index contributed by atoms with van der Waals surface area (Å²) in [6.07, 6.45) is 2.79.